The van der Waals surface area contributed by atoms with Crippen molar-refractivity contribution >= 4 is 12.0 Å². The third kappa shape index (κ3) is 8.88. The van der Waals surface area contributed by atoms with Gasteiger partial charge in [-0.3, -0.25) is 0 Å². The van der Waals surface area contributed by atoms with E-state index in [0.717, 1.165) is 74.6 Å². The number of rotatable bonds is 14. The third-order valence-corrected chi connectivity index (χ3v) is 6.28. The Hall–Kier alpha value is -3.41. The number of unbranched alkanes of at least 4 members (excludes halogenated alkanes) is 3. The van der Waals surface area contributed by atoms with Crippen molar-refractivity contribution in [3.63, 3.8) is 0 Å². The van der Waals surface area contributed by atoms with Crippen LogP contribution >= 0.6 is 0 Å². The van der Waals surface area contributed by atoms with Gasteiger partial charge >= 0.3 is 5.97 Å². The molecule has 37 heavy (non-hydrogen) atoms. The molecule has 5 heteroatoms. The van der Waals surface area contributed by atoms with Crippen molar-refractivity contribution in [2.24, 2.45) is 5.41 Å². The van der Waals surface area contributed by atoms with Crippen LogP contribution in [0.3, 0.4) is 0 Å². The third-order valence-electron chi connectivity index (χ3n) is 6.28. The smallest absolute Gasteiger partial charge is 0.336 e. The van der Waals surface area contributed by atoms with E-state index >= 15 is 0 Å². The highest BCUT2D eigenvalue weighted by molar-refractivity contribution is 5.88. The zero-order valence-electron chi connectivity index (χ0n) is 21.6. The van der Waals surface area contributed by atoms with Crippen LogP contribution < -0.4 is 9.47 Å². The lowest BCUT2D eigenvalue weighted by atomic mass is 9.90. The molecule has 3 aromatic carbocycles. The summed E-state index contributed by atoms with van der Waals surface area (Å²) in [6, 6.07) is 25.2. The van der Waals surface area contributed by atoms with Gasteiger partial charge in [0.25, 0.3) is 0 Å². The summed E-state index contributed by atoms with van der Waals surface area (Å²) in [7, 11) is 0. The van der Waals surface area contributed by atoms with Crippen LogP contribution in [0.1, 0.15) is 38.2 Å². The maximum absolute atomic E-state index is 12.1. The number of benzene rings is 3. The average molecular weight is 501 g/mol. The Bertz CT molecular complexity index is 1120. The predicted octanol–water partition coefficient (Wildman–Crippen LogP) is 6.96. The van der Waals surface area contributed by atoms with E-state index in [1.807, 2.05) is 66.7 Å². The molecule has 1 saturated heterocycles. The second-order valence-electron chi connectivity index (χ2n) is 9.83. The molecule has 5 nitrogen and oxygen atoms in total. The van der Waals surface area contributed by atoms with E-state index < -0.39 is 5.97 Å². The van der Waals surface area contributed by atoms with Gasteiger partial charge < -0.3 is 18.9 Å². The van der Waals surface area contributed by atoms with Gasteiger partial charge in [-0.1, -0.05) is 67.9 Å². The first-order chi connectivity index (χ1) is 18.1. The van der Waals surface area contributed by atoms with Gasteiger partial charge in [0.1, 0.15) is 11.5 Å². The summed E-state index contributed by atoms with van der Waals surface area (Å²) in [4.78, 5) is 12.1. The zero-order chi connectivity index (χ0) is 25.8. The molecule has 1 aliphatic rings. The van der Waals surface area contributed by atoms with Crippen LogP contribution in [0.25, 0.3) is 17.2 Å². The lowest BCUT2D eigenvalue weighted by molar-refractivity contribution is -0.137. The van der Waals surface area contributed by atoms with Crippen molar-refractivity contribution in [3.8, 4) is 22.6 Å². The minimum absolute atomic E-state index is 0.238. The quantitative estimate of drug-likeness (QED) is 0.104. The molecule has 1 aliphatic heterocycles. The monoisotopic (exact) mass is 500 g/mol. The number of ether oxygens (including phenoxy) is 4. The van der Waals surface area contributed by atoms with Gasteiger partial charge in [-0.2, -0.15) is 0 Å². The molecule has 1 heterocycles. The maximum Gasteiger partial charge on any atom is 0.336 e. The van der Waals surface area contributed by atoms with Gasteiger partial charge in [0.05, 0.1) is 26.4 Å². The summed E-state index contributed by atoms with van der Waals surface area (Å²) >= 11 is 0. The first-order valence-corrected chi connectivity index (χ1v) is 13.0. The Morgan fingerprint density at radius 3 is 2.05 bits per heavy atom. The van der Waals surface area contributed by atoms with E-state index in [-0.39, 0.29) is 5.41 Å². The van der Waals surface area contributed by atoms with Crippen molar-refractivity contribution in [2.75, 3.05) is 33.0 Å². The lowest BCUT2D eigenvalue weighted by Gasteiger charge is -2.37. The lowest BCUT2D eigenvalue weighted by Crippen LogP contribution is -2.43. The van der Waals surface area contributed by atoms with Gasteiger partial charge in [-0.15, -0.1) is 0 Å². The van der Waals surface area contributed by atoms with Crippen molar-refractivity contribution in [1.29, 1.82) is 0 Å². The van der Waals surface area contributed by atoms with Gasteiger partial charge in [0.15, 0.2) is 0 Å². The fourth-order valence-electron chi connectivity index (χ4n) is 4.04. The van der Waals surface area contributed by atoms with E-state index in [1.165, 1.54) is 6.08 Å². The van der Waals surface area contributed by atoms with Crippen molar-refractivity contribution in [1.82, 2.24) is 0 Å². The highest BCUT2D eigenvalue weighted by Gasteiger charge is 2.33. The second kappa shape index (κ2) is 13.8. The van der Waals surface area contributed by atoms with Crippen LogP contribution in [-0.2, 0) is 14.3 Å². The van der Waals surface area contributed by atoms with Crippen molar-refractivity contribution in [2.45, 2.75) is 32.6 Å². The molecule has 0 spiro atoms. The first kappa shape index (κ1) is 26.6. The predicted molar refractivity (Wildman–Crippen MR) is 147 cm³/mol. The fourth-order valence-corrected chi connectivity index (χ4v) is 4.04. The molecule has 0 bridgehead atoms. The number of esters is 1. The highest BCUT2D eigenvalue weighted by Crippen LogP contribution is 2.27. The fraction of sp³-hybridized carbons (Fsp3) is 0.344. The maximum atomic E-state index is 12.1. The summed E-state index contributed by atoms with van der Waals surface area (Å²) in [5.74, 6) is 0.986. The number of hydrogen-bond donors (Lipinski definition) is 0. The van der Waals surface area contributed by atoms with Gasteiger partial charge in [-0.25, -0.2) is 4.79 Å². The largest absolute Gasteiger partial charge is 0.494 e. The Kier molecular flexibility index (Phi) is 9.92. The molecule has 3 aromatic rings. The van der Waals surface area contributed by atoms with E-state index in [1.54, 1.807) is 18.2 Å². The normalized spacial score (nSPS) is 14.3. The number of hydrogen-bond acceptors (Lipinski definition) is 5. The van der Waals surface area contributed by atoms with Crippen LogP contribution in [0.4, 0.5) is 0 Å². The van der Waals surface area contributed by atoms with Crippen LogP contribution in [-0.4, -0.2) is 39.0 Å². The number of carbonyl (C=O) groups excluding carboxylic acids is 1. The van der Waals surface area contributed by atoms with Gasteiger partial charge in [0.2, 0.25) is 0 Å². The van der Waals surface area contributed by atoms with E-state index in [0.29, 0.717) is 12.4 Å². The minimum atomic E-state index is -0.402. The molecule has 0 aliphatic carbocycles. The van der Waals surface area contributed by atoms with Crippen LogP contribution in [0.5, 0.6) is 11.5 Å². The zero-order valence-corrected chi connectivity index (χ0v) is 21.6. The Morgan fingerprint density at radius 2 is 1.43 bits per heavy atom. The Labute approximate surface area is 220 Å². The van der Waals surface area contributed by atoms with E-state index in [4.69, 9.17) is 18.9 Å². The molecule has 1 fully saturated rings. The Balaban J connectivity index is 1.11. The molecular formula is C32H36O5. The first-order valence-electron chi connectivity index (χ1n) is 13.0. The van der Waals surface area contributed by atoms with Crippen molar-refractivity contribution in [3.05, 3.63) is 90.5 Å². The van der Waals surface area contributed by atoms with Gasteiger partial charge in [-0.05, 0) is 66.3 Å². The summed E-state index contributed by atoms with van der Waals surface area (Å²) in [6.07, 6.45) is 7.60. The summed E-state index contributed by atoms with van der Waals surface area (Å²) in [6.45, 7) is 6.20. The standard InChI is InChI=1S/C32H36O5/c1-32(24-35-25-32)23-34-21-7-2-3-8-22-36-29-16-12-27(13-17-29)28-14-18-30(19-15-28)37-31(33)20-11-26-9-5-4-6-10-26/h4-6,9-20H,2-3,7-8,21-25H2,1H3/b20-11+. The molecule has 0 radical (unpaired) electrons. The molecular weight excluding hydrogens is 464 g/mol. The SMILES string of the molecule is CC1(COCCCCCCOc2ccc(-c3ccc(OC(=O)/C=C/c4ccccc4)cc3)cc2)COC1. The van der Waals surface area contributed by atoms with Crippen LogP contribution in [0.2, 0.25) is 0 Å². The molecule has 0 atom stereocenters. The van der Waals surface area contributed by atoms with E-state index in [2.05, 4.69) is 6.92 Å². The molecule has 0 N–H and O–H groups in total. The Morgan fingerprint density at radius 1 is 0.811 bits per heavy atom. The average Bonchev–Trinajstić information content (AvgIpc) is 2.91. The van der Waals surface area contributed by atoms with Crippen LogP contribution in [0.15, 0.2) is 84.9 Å². The van der Waals surface area contributed by atoms with Crippen LogP contribution in [0, 0.1) is 5.41 Å². The minimum Gasteiger partial charge on any atom is -0.494 e. The molecule has 194 valence electrons. The topological polar surface area (TPSA) is 54.0 Å². The molecule has 4 rings (SSSR count). The summed E-state index contributed by atoms with van der Waals surface area (Å²) in [5, 5.41) is 0. The molecule has 0 unspecified atom stereocenters. The van der Waals surface area contributed by atoms with Crippen molar-refractivity contribution < 1.29 is 23.7 Å². The van der Waals surface area contributed by atoms with Gasteiger partial charge in [0, 0.05) is 18.1 Å². The molecule has 0 saturated carbocycles. The molecule has 0 amide bonds. The van der Waals surface area contributed by atoms with E-state index in [9.17, 15) is 4.79 Å². The number of carbonyl (C=O) groups is 1. The summed E-state index contributed by atoms with van der Waals surface area (Å²) < 4.78 is 22.3. The highest BCUT2D eigenvalue weighted by atomic mass is 16.5. The molecule has 0 aromatic heterocycles. The second-order valence-corrected chi connectivity index (χ2v) is 9.83. The summed E-state index contributed by atoms with van der Waals surface area (Å²) in [5.41, 5.74) is 3.32.